The van der Waals surface area contributed by atoms with Crippen LogP contribution in [0.4, 0.5) is 0 Å². The van der Waals surface area contributed by atoms with E-state index in [1.807, 2.05) is 38.1 Å². The van der Waals surface area contributed by atoms with Crippen molar-refractivity contribution in [2.24, 2.45) is 0 Å². The monoisotopic (exact) mass is 316 g/mol. The SMILES string of the molecule is Cc1n[nH]c(C)c1CNCc1cccc(OCC(=O)N(C)C)c1. The van der Waals surface area contributed by atoms with Crippen LogP contribution in [0.5, 0.6) is 5.75 Å². The number of H-pyrrole nitrogens is 1. The molecule has 0 atom stereocenters. The van der Waals surface area contributed by atoms with Crippen LogP contribution in [0.15, 0.2) is 24.3 Å². The Labute approximate surface area is 136 Å². The summed E-state index contributed by atoms with van der Waals surface area (Å²) in [5.41, 5.74) is 4.43. The van der Waals surface area contributed by atoms with Crippen LogP contribution < -0.4 is 10.1 Å². The number of likely N-dealkylation sites (N-methyl/N-ethyl adjacent to an activating group) is 1. The van der Waals surface area contributed by atoms with Gasteiger partial charge in [-0.25, -0.2) is 0 Å². The Hall–Kier alpha value is -2.34. The van der Waals surface area contributed by atoms with Crippen LogP contribution in [0.2, 0.25) is 0 Å². The van der Waals surface area contributed by atoms with Crippen molar-refractivity contribution in [3.05, 3.63) is 46.8 Å². The van der Waals surface area contributed by atoms with E-state index >= 15 is 0 Å². The number of carbonyl (C=O) groups excluding carboxylic acids is 1. The molecule has 23 heavy (non-hydrogen) atoms. The Morgan fingerprint density at radius 1 is 1.30 bits per heavy atom. The first kappa shape index (κ1) is 17.0. The zero-order chi connectivity index (χ0) is 16.8. The largest absolute Gasteiger partial charge is 0.484 e. The summed E-state index contributed by atoms with van der Waals surface area (Å²) >= 11 is 0. The molecule has 0 fully saturated rings. The minimum atomic E-state index is -0.0561. The maximum atomic E-state index is 11.5. The highest BCUT2D eigenvalue weighted by Gasteiger charge is 2.07. The number of hydrogen-bond donors (Lipinski definition) is 2. The van der Waals surface area contributed by atoms with E-state index in [0.717, 1.165) is 30.0 Å². The molecule has 6 heteroatoms. The lowest BCUT2D eigenvalue weighted by Crippen LogP contribution is -2.27. The lowest BCUT2D eigenvalue weighted by molar-refractivity contribution is -0.130. The van der Waals surface area contributed by atoms with Gasteiger partial charge in [0.15, 0.2) is 6.61 Å². The average Bonchev–Trinajstić information content (AvgIpc) is 2.84. The van der Waals surface area contributed by atoms with Gasteiger partial charge in [0.25, 0.3) is 5.91 Å². The van der Waals surface area contributed by atoms with Gasteiger partial charge in [0.05, 0.1) is 5.69 Å². The van der Waals surface area contributed by atoms with Crippen LogP contribution >= 0.6 is 0 Å². The number of amides is 1. The molecule has 0 aliphatic rings. The van der Waals surface area contributed by atoms with Crippen LogP contribution in [-0.4, -0.2) is 41.7 Å². The second-order valence-corrected chi connectivity index (χ2v) is 5.74. The molecule has 0 spiro atoms. The molecule has 6 nitrogen and oxygen atoms in total. The van der Waals surface area contributed by atoms with E-state index in [0.29, 0.717) is 5.75 Å². The van der Waals surface area contributed by atoms with Gasteiger partial charge < -0.3 is 15.0 Å². The summed E-state index contributed by atoms with van der Waals surface area (Å²) < 4.78 is 5.53. The van der Waals surface area contributed by atoms with Crippen molar-refractivity contribution in [2.45, 2.75) is 26.9 Å². The number of hydrogen-bond acceptors (Lipinski definition) is 4. The molecule has 0 unspecified atom stereocenters. The molecule has 2 N–H and O–H groups in total. The maximum absolute atomic E-state index is 11.5. The van der Waals surface area contributed by atoms with Crippen LogP contribution in [0.25, 0.3) is 0 Å². The molecule has 2 aromatic rings. The predicted octanol–water partition coefficient (Wildman–Crippen LogP) is 1.78. The molecule has 1 aromatic heterocycles. The third kappa shape index (κ3) is 4.82. The normalized spacial score (nSPS) is 10.6. The average molecular weight is 316 g/mol. The zero-order valence-corrected chi connectivity index (χ0v) is 14.1. The molecule has 0 aliphatic carbocycles. The van der Waals surface area contributed by atoms with Crippen molar-refractivity contribution < 1.29 is 9.53 Å². The fourth-order valence-corrected chi connectivity index (χ4v) is 2.19. The van der Waals surface area contributed by atoms with Gasteiger partial charge in [-0.3, -0.25) is 9.89 Å². The molecule has 0 radical (unpaired) electrons. The summed E-state index contributed by atoms with van der Waals surface area (Å²) in [5.74, 6) is 0.648. The summed E-state index contributed by atoms with van der Waals surface area (Å²) in [6, 6.07) is 7.77. The highest BCUT2D eigenvalue weighted by atomic mass is 16.5. The van der Waals surface area contributed by atoms with E-state index < -0.39 is 0 Å². The molecule has 124 valence electrons. The van der Waals surface area contributed by atoms with Crippen molar-refractivity contribution >= 4 is 5.91 Å². The topological polar surface area (TPSA) is 70.2 Å². The molecule has 2 rings (SSSR count). The summed E-state index contributed by atoms with van der Waals surface area (Å²) in [5, 5.41) is 10.6. The summed E-state index contributed by atoms with van der Waals surface area (Å²) in [6.07, 6.45) is 0. The van der Waals surface area contributed by atoms with Crippen molar-refractivity contribution in [3.8, 4) is 5.75 Å². The van der Waals surface area contributed by atoms with E-state index in [2.05, 4.69) is 15.5 Å². The minimum absolute atomic E-state index is 0.0529. The lowest BCUT2D eigenvalue weighted by Gasteiger charge is -2.12. The first-order chi connectivity index (χ1) is 11.0. The molecule has 0 bridgehead atoms. The molecule has 0 saturated carbocycles. The standard InChI is InChI=1S/C17H24N4O2/c1-12-16(13(2)20-19-12)10-18-9-14-6-5-7-15(8-14)23-11-17(22)21(3)4/h5-8,18H,9-11H2,1-4H3,(H,19,20). The minimum Gasteiger partial charge on any atom is -0.484 e. The van der Waals surface area contributed by atoms with Gasteiger partial charge in [0.2, 0.25) is 0 Å². The summed E-state index contributed by atoms with van der Waals surface area (Å²) in [4.78, 5) is 13.1. The summed E-state index contributed by atoms with van der Waals surface area (Å²) in [7, 11) is 3.43. The molecule has 0 aliphatic heterocycles. The second kappa shape index (κ2) is 7.78. The smallest absolute Gasteiger partial charge is 0.259 e. The number of aromatic amines is 1. The number of aromatic nitrogens is 2. The number of nitrogens with one attached hydrogen (secondary N) is 2. The first-order valence-electron chi connectivity index (χ1n) is 7.60. The highest BCUT2D eigenvalue weighted by molar-refractivity contribution is 5.77. The summed E-state index contributed by atoms with van der Waals surface area (Å²) in [6.45, 7) is 5.56. The molecule has 1 heterocycles. The Morgan fingerprint density at radius 3 is 2.74 bits per heavy atom. The van der Waals surface area contributed by atoms with Gasteiger partial charge in [0, 0.05) is 38.4 Å². The molecule has 0 saturated heterocycles. The van der Waals surface area contributed by atoms with Gasteiger partial charge in [-0.2, -0.15) is 5.10 Å². The van der Waals surface area contributed by atoms with E-state index in [9.17, 15) is 4.79 Å². The van der Waals surface area contributed by atoms with Gasteiger partial charge in [-0.1, -0.05) is 12.1 Å². The van der Waals surface area contributed by atoms with Gasteiger partial charge in [0.1, 0.15) is 5.75 Å². The molecule has 1 amide bonds. The predicted molar refractivity (Wildman–Crippen MR) is 89.2 cm³/mol. The van der Waals surface area contributed by atoms with Gasteiger partial charge in [-0.15, -0.1) is 0 Å². The third-order valence-electron chi connectivity index (χ3n) is 3.67. The number of rotatable bonds is 7. The zero-order valence-electron chi connectivity index (χ0n) is 14.1. The molecular weight excluding hydrogens is 292 g/mol. The van der Waals surface area contributed by atoms with Crippen LogP contribution in [0.3, 0.4) is 0 Å². The fraction of sp³-hybridized carbons (Fsp3) is 0.412. The van der Waals surface area contributed by atoms with Gasteiger partial charge >= 0.3 is 0 Å². The first-order valence-corrected chi connectivity index (χ1v) is 7.60. The molecule has 1 aromatic carbocycles. The van der Waals surface area contributed by atoms with E-state index in [4.69, 9.17) is 4.74 Å². The number of aryl methyl sites for hydroxylation is 2. The van der Waals surface area contributed by atoms with Gasteiger partial charge in [-0.05, 0) is 31.5 Å². The third-order valence-corrected chi connectivity index (χ3v) is 3.67. The number of carbonyl (C=O) groups is 1. The Bertz CT molecular complexity index is 645. The van der Waals surface area contributed by atoms with Crippen LogP contribution in [0, 0.1) is 13.8 Å². The molecular formula is C17H24N4O2. The number of ether oxygens (including phenoxy) is 1. The van der Waals surface area contributed by atoms with Crippen molar-refractivity contribution in [3.63, 3.8) is 0 Å². The fourth-order valence-electron chi connectivity index (χ4n) is 2.19. The maximum Gasteiger partial charge on any atom is 0.259 e. The highest BCUT2D eigenvalue weighted by Crippen LogP contribution is 2.14. The van der Waals surface area contributed by atoms with Crippen molar-refractivity contribution in [1.29, 1.82) is 0 Å². The van der Waals surface area contributed by atoms with E-state index in [1.165, 1.54) is 10.5 Å². The Kier molecular flexibility index (Phi) is 5.76. The lowest BCUT2D eigenvalue weighted by atomic mass is 10.2. The number of nitrogens with zero attached hydrogens (tertiary/aromatic N) is 2. The number of benzene rings is 1. The van der Waals surface area contributed by atoms with Crippen molar-refractivity contribution in [1.82, 2.24) is 20.4 Å². The van der Waals surface area contributed by atoms with Crippen LogP contribution in [-0.2, 0) is 17.9 Å². The van der Waals surface area contributed by atoms with Crippen LogP contribution in [0.1, 0.15) is 22.5 Å². The van der Waals surface area contributed by atoms with Crippen molar-refractivity contribution in [2.75, 3.05) is 20.7 Å². The quantitative estimate of drug-likeness (QED) is 0.817. The van der Waals surface area contributed by atoms with E-state index in [1.54, 1.807) is 14.1 Å². The van der Waals surface area contributed by atoms with E-state index in [-0.39, 0.29) is 12.5 Å². The Morgan fingerprint density at radius 2 is 2.09 bits per heavy atom. The Balaban J connectivity index is 1.86. The second-order valence-electron chi connectivity index (χ2n) is 5.74.